The third-order valence-corrected chi connectivity index (χ3v) is 4.16. The van der Waals surface area contributed by atoms with E-state index in [1.165, 1.54) is 6.07 Å². The molecule has 3 aromatic rings. The van der Waals surface area contributed by atoms with Crippen LogP contribution in [0.5, 0.6) is 0 Å². The smallest absolute Gasteiger partial charge is 0.278 e. The molecule has 8 heteroatoms. The maximum Gasteiger partial charge on any atom is 0.278 e. The lowest BCUT2D eigenvalue weighted by atomic mass is 10.1. The molecule has 0 amide bonds. The molecule has 0 aliphatic carbocycles. The molecule has 126 valence electrons. The summed E-state index contributed by atoms with van der Waals surface area (Å²) in [4.78, 5) is 4.36. The maximum atomic E-state index is 13.4. The summed E-state index contributed by atoms with van der Waals surface area (Å²) in [6.45, 7) is 3.68. The number of nitrogens with one attached hydrogen (secondary N) is 2. The summed E-state index contributed by atoms with van der Waals surface area (Å²) in [5.41, 5.74) is 2.96. The van der Waals surface area contributed by atoms with Crippen LogP contribution in [-0.2, 0) is 0 Å². The number of hydrogen-bond acceptors (Lipinski definition) is 5. The summed E-state index contributed by atoms with van der Waals surface area (Å²) in [7, 11) is 0. The van der Waals surface area contributed by atoms with Gasteiger partial charge in [0.1, 0.15) is 5.82 Å². The Labute approximate surface area is 144 Å². The first-order valence-electron chi connectivity index (χ1n) is 7.57. The van der Waals surface area contributed by atoms with Crippen LogP contribution in [0.2, 0.25) is 0 Å². The van der Waals surface area contributed by atoms with Gasteiger partial charge in [0.15, 0.2) is 5.69 Å². The van der Waals surface area contributed by atoms with E-state index >= 15 is 0 Å². The van der Waals surface area contributed by atoms with E-state index < -0.39 is 0 Å². The van der Waals surface area contributed by atoms with Crippen molar-refractivity contribution >= 4 is 12.4 Å². The third kappa shape index (κ3) is 3.05. The number of nitrogens with zero attached hydrogens (tertiary/aromatic N) is 3. The number of H-pyrrole nitrogens is 1. The number of hydrogen-bond donors (Lipinski definition) is 2. The Morgan fingerprint density at radius 3 is 2.92 bits per heavy atom. The van der Waals surface area contributed by atoms with Crippen molar-refractivity contribution in [2.24, 2.45) is 0 Å². The van der Waals surface area contributed by atoms with Gasteiger partial charge in [-0.1, -0.05) is 5.16 Å². The maximum absolute atomic E-state index is 13.4. The molecule has 1 aliphatic heterocycles. The minimum Gasteiger partial charge on any atom is -0.332 e. The zero-order valence-corrected chi connectivity index (χ0v) is 13.9. The number of halogens is 2. The minimum atomic E-state index is -0.250. The van der Waals surface area contributed by atoms with Crippen LogP contribution in [0.1, 0.15) is 23.6 Å². The van der Waals surface area contributed by atoms with E-state index in [-0.39, 0.29) is 18.2 Å². The normalized spacial score (nSPS) is 17.0. The van der Waals surface area contributed by atoms with Crippen LogP contribution in [0.25, 0.3) is 23.0 Å². The standard InChI is InChI=1S/C16H16FN5O.ClH/c1-9-6-10(2-3-12(9)17)15-19-16(23-22-15)14-7-13(20-21-14)11-4-5-18-8-11;/h2-3,6-7,11,18H,4-5,8H2,1H3,(H,20,21);1H. The molecule has 1 saturated heterocycles. The highest BCUT2D eigenvalue weighted by molar-refractivity contribution is 5.85. The van der Waals surface area contributed by atoms with Gasteiger partial charge in [-0.05, 0) is 49.7 Å². The quantitative estimate of drug-likeness (QED) is 0.759. The van der Waals surface area contributed by atoms with Crippen molar-refractivity contribution in [3.63, 3.8) is 0 Å². The summed E-state index contributed by atoms with van der Waals surface area (Å²) < 4.78 is 18.6. The monoisotopic (exact) mass is 349 g/mol. The molecule has 1 fully saturated rings. The Morgan fingerprint density at radius 2 is 2.17 bits per heavy atom. The number of aromatic amines is 1. The number of aromatic nitrogens is 4. The largest absolute Gasteiger partial charge is 0.332 e. The van der Waals surface area contributed by atoms with Gasteiger partial charge in [-0.25, -0.2) is 4.39 Å². The van der Waals surface area contributed by atoms with Crippen LogP contribution < -0.4 is 5.32 Å². The van der Waals surface area contributed by atoms with E-state index in [9.17, 15) is 4.39 Å². The van der Waals surface area contributed by atoms with Crippen LogP contribution in [0.4, 0.5) is 4.39 Å². The lowest BCUT2D eigenvalue weighted by Gasteiger charge is -2.02. The third-order valence-electron chi connectivity index (χ3n) is 4.16. The Bertz CT molecular complexity index is 841. The predicted octanol–water partition coefficient (Wildman–Crippen LogP) is 3.07. The van der Waals surface area contributed by atoms with Crippen LogP contribution in [-0.4, -0.2) is 33.4 Å². The molecule has 1 unspecified atom stereocenters. The van der Waals surface area contributed by atoms with Crippen molar-refractivity contribution < 1.29 is 8.91 Å². The van der Waals surface area contributed by atoms with Gasteiger partial charge < -0.3 is 9.84 Å². The summed E-state index contributed by atoms with van der Waals surface area (Å²) in [6.07, 6.45) is 1.09. The molecule has 1 aromatic carbocycles. The second kappa shape index (κ2) is 6.70. The molecule has 1 atom stereocenters. The van der Waals surface area contributed by atoms with Gasteiger partial charge >= 0.3 is 0 Å². The second-order valence-electron chi connectivity index (χ2n) is 5.79. The first-order valence-corrected chi connectivity index (χ1v) is 7.57. The van der Waals surface area contributed by atoms with Crippen molar-refractivity contribution in [3.05, 3.63) is 41.3 Å². The Kier molecular flexibility index (Phi) is 4.64. The summed E-state index contributed by atoms with van der Waals surface area (Å²) >= 11 is 0. The van der Waals surface area contributed by atoms with Crippen molar-refractivity contribution in [2.75, 3.05) is 13.1 Å². The zero-order valence-electron chi connectivity index (χ0n) is 13.0. The molecular formula is C16H17ClFN5O. The lowest BCUT2D eigenvalue weighted by Crippen LogP contribution is -2.08. The number of rotatable bonds is 3. The van der Waals surface area contributed by atoms with Gasteiger partial charge in [0, 0.05) is 23.7 Å². The van der Waals surface area contributed by atoms with Gasteiger partial charge in [0.2, 0.25) is 5.82 Å². The Morgan fingerprint density at radius 1 is 1.29 bits per heavy atom. The van der Waals surface area contributed by atoms with E-state index in [1.807, 2.05) is 6.07 Å². The average Bonchev–Trinajstić information content (AvgIpc) is 3.30. The first-order chi connectivity index (χ1) is 11.2. The fraction of sp³-hybridized carbons (Fsp3) is 0.312. The summed E-state index contributed by atoms with van der Waals surface area (Å²) in [5.74, 6) is 0.976. The molecule has 0 radical (unpaired) electrons. The fourth-order valence-corrected chi connectivity index (χ4v) is 2.80. The van der Waals surface area contributed by atoms with E-state index in [0.29, 0.717) is 28.9 Å². The number of aryl methyl sites for hydroxylation is 1. The molecule has 2 N–H and O–H groups in total. The molecule has 0 saturated carbocycles. The summed E-state index contributed by atoms with van der Waals surface area (Å²) in [6, 6.07) is 6.69. The molecule has 0 spiro atoms. The van der Waals surface area contributed by atoms with Crippen molar-refractivity contribution in [2.45, 2.75) is 19.3 Å². The van der Waals surface area contributed by atoms with Gasteiger partial charge in [-0.3, -0.25) is 5.10 Å². The van der Waals surface area contributed by atoms with Gasteiger partial charge in [0.25, 0.3) is 5.89 Å². The van der Waals surface area contributed by atoms with E-state index in [1.54, 1.807) is 19.1 Å². The van der Waals surface area contributed by atoms with Gasteiger partial charge in [-0.15, -0.1) is 12.4 Å². The van der Waals surface area contributed by atoms with Gasteiger partial charge in [-0.2, -0.15) is 10.1 Å². The van der Waals surface area contributed by atoms with Crippen LogP contribution in [0, 0.1) is 12.7 Å². The molecule has 0 bridgehead atoms. The van der Waals surface area contributed by atoms with E-state index in [0.717, 1.165) is 30.8 Å². The number of benzene rings is 1. The SMILES string of the molecule is Cc1cc(-c2noc(-c3cc(C4CCNC4)[nH]n3)n2)ccc1F.Cl. The average molecular weight is 350 g/mol. The Hall–Kier alpha value is -2.25. The van der Waals surface area contributed by atoms with Gasteiger partial charge in [0.05, 0.1) is 0 Å². The summed E-state index contributed by atoms with van der Waals surface area (Å²) in [5, 5.41) is 14.6. The molecule has 4 rings (SSSR count). The van der Waals surface area contributed by atoms with Crippen molar-refractivity contribution in [1.29, 1.82) is 0 Å². The minimum absolute atomic E-state index is 0. The molecule has 6 nitrogen and oxygen atoms in total. The van der Waals surface area contributed by atoms with Crippen LogP contribution in [0.15, 0.2) is 28.8 Å². The van der Waals surface area contributed by atoms with E-state index in [4.69, 9.17) is 4.52 Å². The van der Waals surface area contributed by atoms with Crippen molar-refractivity contribution in [3.8, 4) is 23.0 Å². The molecule has 1 aliphatic rings. The highest BCUT2D eigenvalue weighted by Gasteiger charge is 2.21. The zero-order chi connectivity index (χ0) is 15.8. The molecule has 3 heterocycles. The molecular weight excluding hydrogens is 333 g/mol. The van der Waals surface area contributed by atoms with Crippen molar-refractivity contribution in [1.82, 2.24) is 25.7 Å². The predicted molar refractivity (Wildman–Crippen MR) is 89.5 cm³/mol. The lowest BCUT2D eigenvalue weighted by molar-refractivity contribution is 0.431. The van der Waals surface area contributed by atoms with Crippen LogP contribution >= 0.6 is 12.4 Å². The second-order valence-corrected chi connectivity index (χ2v) is 5.79. The highest BCUT2D eigenvalue weighted by Crippen LogP contribution is 2.26. The molecule has 2 aromatic heterocycles. The highest BCUT2D eigenvalue weighted by atomic mass is 35.5. The van der Waals surface area contributed by atoms with Crippen LogP contribution in [0.3, 0.4) is 0 Å². The topological polar surface area (TPSA) is 79.6 Å². The fourth-order valence-electron chi connectivity index (χ4n) is 2.80. The first kappa shape index (κ1) is 16.6. The Balaban J connectivity index is 0.00000169. The molecule has 24 heavy (non-hydrogen) atoms. The van der Waals surface area contributed by atoms with E-state index in [2.05, 4.69) is 25.7 Å².